The van der Waals surface area contributed by atoms with Gasteiger partial charge >= 0.3 is 6.18 Å². The Hall–Kier alpha value is -4.01. The van der Waals surface area contributed by atoms with Gasteiger partial charge in [-0.1, -0.05) is 25.1 Å². The molecule has 1 fully saturated rings. The highest BCUT2D eigenvalue weighted by molar-refractivity contribution is 6.11. The quantitative estimate of drug-likeness (QED) is 0.170. The molecule has 1 atom stereocenters. The number of nitrogens with zero attached hydrogens (tertiary/aromatic N) is 1. The number of rotatable bonds is 9. The Labute approximate surface area is 228 Å². The summed E-state index contributed by atoms with van der Waals surface area (Å²) in [5.41, 5.74) is 2.02. The van der Waals surface area contributed by atoms with E-state index in [2.05, 4.69) is 17.2 Å². The topological polar surface area (TPSA) is 72.2 Å². The maximum Gasteiger partial charge on any atom is 0.389 e. The summed E-state index contributed by atoms with van der Waals surface area (Å²) in [6, 6.07) is 13.7. The second-order valence-corrected chi connectivity index (χ2v) is 10.4. The molecule has 40 heavy (non-hydrogen) atoms. The van der Waals surface area contributed by atoms with E-state index in [0.717, 1.165) is 12.8 Å². The number of halogens is 4. The fourth-order valence-electron chi connectivity index (χ4n) is 5.02. The predicted octanol–water partition coefficient (Wildman–Crippen LogP) is 7.77. The molecule has 5 rings (SSSR count). The smallest absolute Gasteiger partial charge is 0.389 e. The Morgan fingerprint density at radius 1 is 1.07 bits per heavy atom. The summed E-state index contributed by atoms with van der Waals surface area (Å²) in [6.07, 6.45) is -3.30. The summed E-state index contributed by atoms with van der Waals surface area (Å²) in [5.74, 6) is -0.0439. The molecule has 1 aliphatic carbocycles. The van der Waals surface area contributed by atoms with Crippen LogP contribution in [0.2, 0.25) is 0 Å². The molecule has 1 aliphatic rings. The third-order valence-corrected chi connectivity index (χ3v) is 7.40. The molecule has 0 unspecified atom stereocenters. The Morgan fingerprint density at radius 3 is 2.45 bits per heavy atom. The molecule has 0 saturated heterocycles. The van der Waals surface area contributed by atoms with Crippen molar-refractivity contribution in [3.8, 4) is 22.5 Å². The summed E-state index contributed by atoms with van der Waals surface area (Å²) < 4.78 is 59.2. The number of aromatic nitrogens is 1. The maximum atomic E-state index is 13.6. The van der Waals surface area contributed by atoms with Crippen molar-refractivity contribution in [1.29, 1.82) is 0 Å². The largest absolute Gasteiger partial charge is 0.437 e. The SMILES string of the molecule is CNC(=O)c1c(-c2ccc(F)cc2)oc2nc(CCC(F)(F)F)c(-c3cccc(C(=O)C[C@@H](C)C4CC4)c3)cc12. The minimum absolute atomic E-state index is 0.00987. The highest BCUT2D eigenvalue weighted by Crippen LogP contribution is 2.40. The number of benzene rings is 2. The second kappa shape index (κ2) is 10.9. The van der Waals surface area contributed by atoms with Gasteiger partial charge in [-0.3, -0.25) is 9.59 Å². The Balaban J connectivity index is 1.65. The molecular weight excluding hydrogens is 524 g/mol. The van der Waals surface area contributed by atoms with Crippen molar-refractivity contribution >= 4 is 22.8 Å². The van der Waals surface area contributed by atoms with E-state index in [1.54, 1.807) is 30.3 Å². The second-order valence-electron chi connectivity index (χ2n) is 10.4. The van der Waals surface area contributed by atoms with Crippen LogP contribution < -0.4 is 5.32 Å². The molecule has 1 amide bonds. The first-order valence-electron chi connectivity index (χ1n) is 13.2. The molecule has 2 aromatic carbocycles. The lowest BCUT2D eigenvalue weighted by Crippen LogP contribution is -2.18. The van der Waals surface area contributed by atoms with E-state index in [1.165, 1.54) is 31.3 Å². The van der Waals surface area contributed by atoms with Crippen LogP contribution in [0.25, 0.3) is 33.6 Å². The first kappa shape index (κ1) is 27.6. The van der Waals surface area contributed by atoms with Crippen LogP contribution in [0.4, 0.5) is 17.6 Å². The van der Waals surface area contributed by atoms with Gasteiger partial charge in [0.15, 0.2) is 5.78 Å². The number of hydrogen-bond donors (Lipinski definition) is 1. The van der Waals surface area contributed by atoms with Gasteiger partial charge in [-0.2, -0.15) is 13.2 Å². The normalized spacial score (nSPS) is 14.3. The van der Waals surface area contributed by atoms with Gasteiger partial charge in [0.25, 0.3) is 5.91 Å². The maximum absolute atomic E-state index is 13.6. The molecule has 2 heterocycles. The van der Waals surface area contributed by atoms with E-state index in [0.29, 0.717) is 40.0 Å². The first-order valence-corrected chi connectivity index (χ1v) is 13.2. The van der Waals surface area contributed by atoms with Gasteiger partial charge in [-0.15, -0.1) is 0 Å². The van der Waals surface area contributed by atoms with E-state index in [4.69, 9.17) is 4.42 Å². The van der Waals surface area contributed by atoms with Crippen LogP contribution in [-0.4, -0.2) is 29.9 Å². The van der Waals surface area contributed by atoms with Gasteiger partial charge in [0, 0.05) is 36.6 Å². The third-order valence-electron chi connectivity index (χ3n) is 7.40. The number of aryl methyl sites for hydroxylation is 1. The Morgan fingerprint density at radius 2 is 1.80 bits per heavy atom. The zero-order chi connectivity index (χ0) is 28.6. The number of amides is 1. The number of alkyl halides is 3. The molecular formula is C31H28F4N2O3. The number of pyridine rings is 1. The molecule has 2 aromatic heterocycles. The Bertz CT molecular complexity index is 1570. The number of nitrogens with one attached hydrogen (secondary N) is 1. The van der Waals surface area contributed by atoms with Crippen LogP contribution in [0.3, 0.4) is 0 Å². The average molecular weight is 553 g/mol. The van der Waals surface area contributed by atoms with Crippen LogP contribution in [0.5, 0.6) is 0 Å². The number of ketones is 1. The number of carbonyl (C=O) groups excluding carboxylic acids is 2. The van der Waals surface area contributed by atoms with Gasteiger partial charge in [0.05, 0.1) is 16.6 Å². The number of hydrogen-bond acceptors (Lipinski definition) is 4. The number of carbonyl (C=O) groups is 2. The Kier molecular flexibility index (Phi) is 7.49. The minimum atomic E-state index is -4.42. The van der Waals surface area contributed by atoms with Crippen molar-refractivity contribution in [2.24, 2.45) is 11.8 Å². The van der Waals surface area contributed by atoms with Crippen molar-refractivity contribution in [1.82, 2.24) is 10.3 Å². The summed E-state index contributed by atoms with van der Waals surface area (Å²) >= 11 is 0. The van der Waals surface area contributed by atoms with Crippen LogP contribution in [0, 0.1) is 17.7 Å². The molecule has 208 valence electrons. The molecule has 1 saturated carbocycles. The molecule has 0 spiro atoms. The zero-order valence-corrected chi connectivity index (χ0v) is 22.1. The van der Waals surface area contributed by atoms with Crippen molar-refractivity contribution in [3.05, 3.63) is 77.2 Å². The van der Waals surface area contributed by atoms with Gasteiger partial charge in [-0.05, 0) is 73.1 Å². The van der Waals surface area contributed by atoms with Crippen molar-refractivity contribution in [2.45, 2.75) is 45.2 Å². The van der Waals surface area contributed by atoms with Crippen molar-refractivity contribution in [3.63, 3.8) is 0 Å². The number of fused-ring (bicyclic) bond motifs is 1. The fourth-order valence-corrected chi connectivity index (χ4v) is 5.02. The third kappa shape index (κ3) is 5.93. The van der Waals surface area contributed by atoms with E-state index in [1.807, 2.05) is 0 Å². The van der Waals surface area contributed by atoms with E-state index < -0.39 is 30.7 Å². The molecule has 0 radical (unpaired) electrons. The van der Waals surface area contributed by atoms with E-state index >= 15 is 0 Å². The molecule has 4 aromatic rings. The number of Topliss-reactive ketones (excluding diaryl/α,β-unsaturated/α-hetero) is 1. The number of furan rings is 1. The predicted molar refractivity (Wildman–Crippen MR) is 143 cm³/mol. The fraction of sp³-hybridized carbons (Fsp3) is 0.323. The van der Waals surface area contributed by atoms with E-state index in [-0.39, 0.29) is 34.4 Å². The monoisotopic (exact) mass is 552 g/mol. The first-order chi connectivity index (χ1) is 19.0. The van der Waals surface area contributed by atoms with E-state index in [9.17, 15) is 27.2 Å². The zero-order valence-electron chi connectivity index (χ0n) is 22.1. The minimum Gasteiger partial charge on any atom is -0.437 e. The average Bonchev–Trinajstić information content (AvgIpc) is 3.72. The standard InChI is InChI=1S/C31H28F4N2O3/c1-17(18-6-7-18)14-26(38)21-5-3-4-20(15-21)23-16-24-27(29(39)36-2)28(19-8-10-22(32)11-9-19)40-30(24)37-25(23)12-13-31(33,34)35/h3-5,8-11,15-18H,6-7,12-14H2,1-2H3,(H,36,39)/t17-/m1/s1. The summed E-state index contributed by atoms with van der Waals surface area (Å²) in [7, 11) is 1.44. The molecule has 0 bridgehead atoms. The lowest BCUT2D eigenvalue weighted by molar-refractivity contribution is -0.134. The highest BCUT2D eigenvalue weighted by Gasteiger charge is 2.31. The van der Waals surface area contributed by atoms with Gasteiger partial charge in [0.2, 0.25) is 5.71 Å². The summed E-state index contributed by atoms with van der Waals surface area (Å²) in [5, 5.41) is 2.86. The van der Waals surface area contributed by atoms with Crippen molar-refractivity contribution < 1.29 is 31.6 Å². The summed E-state index contributed by atoms with van der Waals surface area (Å²) in [6.45, 7) is 2.06. The summed E-state index contributed by atoms with van der Waals surface area (Å²) in [4.78, 5) is 30.5. The van der Waals surface area contributed by atoms with Crippen LogP contribution >= 0.6 is 0 Å². The van der Waals surface area contributed by atoms with Gasteiger partial charge < -0.3 is 9.73 Å². The highest BCUT2D eigenvalue weighted by atomic mass is 19.4. The molecule has 5 nitrogen and oxygen atoms in total. The van der Waals surface area contributed by atoms with Crippen LogP contribution in [-0.2, 0) is 6.42 Å². The lowest BCUT2D eigenvalue weighted by atomic mass is 9.93. The molecule has 0 aliphatic heterocycles. The molecule has 1 N–H and O–H groups in total. The van der Waals surface area contributed by atoms with Crippen LogP contribution in [0.15, 0.2) is 59.0 Å². The lowest BCUT2D eigenvalue weighted by Gasteiger charge is -2.13. The van der Waals surface area contributed by atoms with Crippen molar-refractivity contribution in [2.75, 3.05) is 7.05 Å². The molecule has 9 heteroatoms. The van der Waals surface area contributed by atoms with Crippen LogP contribution in [0.1, 0.15) is 59.0 Å². The van der Waals surface area contributed by atoms with Gasteiger partial charge in [0.1, 0.15) is 11.6 Å². The van der Waals surface area contributed by atoms with Gasteiger partial charge in [-0.25, -0.2) is 9.37 Å².